The van der Waals surface area contributed by atoms with Crippen molar-refractivity contribution in [2.24, 2.45) is 0 Å². The van der Waals surface area contributed by atoms with Crippen molar-refractivity contribution in [3.63, 3.8) is 0 Å². The Kier molecular flexibility index (Phi) is 5.42. The number of amides is 1. The van der Waals surface area contributed by atoms with E-state index < -0.39 is 5.91 Å². The molecule has 0 atom stereocenters. The minimum Gasteiger partial charge on any atom is -0.361 e. The Hall–Kier alpha value is -2.48. The maximum Gasteiger partial charge on any atom is 0.305 e. The van der Waals surface area contributed by atoms with Gasteiger partial charge in [-0.2, -0.15) is 0 Å². The number of unbranched alkanes of at least 4 members (excludes halogenated alkanes) is 1. The summed E-state index contributed by atoms with van der Waals surface area (Å²) in [7, 11) is 0. The van der Waals surface area contributed by atoms with Gasteiger partial charge in [0.25, 0.3) is 5.56 Å². The lowest BCUT2D eigenvalue weighted by molar-refractivity contribution is 0.0933. The van der Waals surface area contributed by atoms with Crippen molar-refractivity contribution in [1.82, 2.24) is 26.1 Å². The number of para-hydroxylation sites is 1. The second-order valence-electron chi connectivity index (χ2n) is 4.62. The number of rotatable bonds is 4. The average Bonchev–Trinajstić information content (AvgIpc) is 2.53. The number of benzene rings is 1. The minimum absolute atomic E-state index is 0.0763. The number of H-pyrrole nitrogens is 1. The van der Waals surface area contributed by atoms with Gasteiger partial charge >= 0.3 is 5.91 Å². The number of aromatic amines is 1. The lowest BCUT2D eigenvalue weighted by atomic mass is 10.2. The Labute approximate surface area is 132 Å². The monoisotopic (exact) mass is 319 g/mol. The standard InChI is InChI=1S/C14H17N5O2S/c1-2-3-8-15-14(22)19-18-13(21)11-16-10-7-5-4-6-9(10)12(20)17-11/h4-7H,2-3,8H2,1H3,(H,18,21)(H2,15,19,22)(H,16,17,20). The van der Waals surface area contributed by atoms with Crippen molar-refractivity contribution in [1.29, 1.82) is 0 Å². The van der Waals surface area contributed by atoms with Crippen LogP contribution in [0, 0.1) is 0 Å². The fourth-order valence-electron chi connectivity index (χ4n) is 1.79. The molecule has 0 radical (unpaired) electrons. The van der Waals surface area contributed by atoms with E-state index in [0.29, 0.717) is 16.0 Å². The number of thiocarbonyl (C=S) groups is 1. The highest BCUT2D eigenvalue weighted by Gasteiger charge is 2.11. The topological polar surface area (TPSA) is 98.9 Å². The molecule has 0 spiro atoms. The second-order valence-corrected chi connectivity index (χ2v) is 5.03. The van der Waals surface area contributed by atoms with Gasteiger partial charge in [-0.05, 0) is 30.8 Å². The smallest absolute Gasteiger partial charge is 0.305 e. The number of carbonyl (C=O) groups excluding carboxylic acids is 1. The molecule has 0 aliphatic rings. The number of nitrogens with zero attached hydrogens (tertiary/aromatic N) is 1. The van der Waals surface area contributed by atoms with E-state index in [2.05, 4.69) is 33.1 Å². The summed E-state index contributed by atoms with van der Waals surface area (Å²) in [5, 5.41) is 3.69. The number of hydrogen-bond donors (Lipinski definition) is 4. The van der Waals surface area contributed by atoms with E-state index in [1.807, 2.05) is 0 Å². The highest BCUT2D eigenvalue weighted by Crippen LogP contribution is 2.05. The fraction of sp³-hybridized carbons (Fsp3) is 0.286. The number of aromatic nitrogens is 2. The summed E-state index contributed by atoms with van der Waals surface area (Å²) in [6, 6.07) is 6.81. The molecule has 2 rings (SSSR count). The molecule has 22 heavy (non-hydrogen) atoms. The van der Waals surface area contributed by atoms with Crippen molar-refractivity contribution >= 4 is 34.1 Å². The Morgan fingerprint density at radius 3 is 2.86 bits per heavy atom. The van der Waals surface area contributed by atoms with Crippen LogP contribution >= 0.6 is 12.2 Å². The van der Waals surface area contributed by atoms with Crippen molar-refractivity contribution < 1.29 is 4.79 Å². The van der Waals surface area contributed by atoms with E-state index in [9.17, 15) is 9.59 Å². The molecule has 2 aromatic rings. The summed E-state index contributed by atoms with van der Waals surface area (Å²) in [4.78, 5) is 30.4. The van der Waals surface area contributed by atoms with Gasteiger partial charge in [0.05, 0.1) is 10.9 Å². The Morgan fingerprint density at radius 2 is 2.09 bits per heavy atom. The normalized spacial score (nSPS) is 10.2. The average molecular weight is 319 g/mol. The third-order valence-corrected chi connectivity index (χ3v) is 3.18. The summed E-state index contributed by atoms with van der Waals surface area (Å²) in [6.45, 7) is 2.80. The van der Waals surface area contributed by atoms with Crippen LogP contribution in [0.5, 0.6) is 0 Å². The van der Waals surface area contributed by atoms with E-state index in [-0.39, 0.29) is 11.4 Å². The summed E-state index contributed by atoms with van der Waals surface area (Å²) in [5.74, 6) is -0.643. The molecule has 8 heteroatoms. The van der Waals surface area contributed by atoms with Crippen LogP contribution in [-0.4, -0.2) is 27.5 Å². The first-order valence-electron chi connectivity index (χ1n) is 6.95. The van der Waals surface area contributed by atoms with E-state index in [1.54, 1.807) is 24.3 Å². The lowest BCUT2D eigenvalue weighted by Gasteiger charge is -2.10. The van der Waals surface area contributed by atoms with E-state index >= 15 is 0 Å². The van der Waals surface area contributed by atoms with Crippen molar-refractivity contribution in [3.8, 4) is 0 Å². The lowest BCUT2D eigenvalue weighted by Crippen LogP contribution is -2.47. The molecule has 7 nitrogen and oxygen atoms in total. The van der Waals surface area contributed by atoms with Crippen molar-refractivity contribution in [3.05, 3.63) is 40.4 Å². The first-order chi connectivity index (χ1) is 10.6. The van der Waals surface area contributed by atoms with Crippen LogP contribution in [-0.2, 0) is 0 Å². The van der Waals surface area contributed by atoms with Gasteiger partial charge in [-0.25, -0.2) is 4.98 Å². The van der Waals surface area contributed by atoms with Crippen LogP contribution in [0.1, 0.15) is 30.4 Å². The SMILES string of the molecule is CCCCNC(=S)NNC(=O)c1nc2ccccc2c(=O)[nH]1. The number of hydrazine groups is 1. The van der Waals surface area contributed by atoms with E-state index in [1.165, 1.54) is 0 Å². The van der Waals surface area contributed by atoms with Crippen LogP contribution in [0.3, 0.4) is 0 Å². The molecule has 0 saturated heterocycles. The fourth-order valence-corrected chi connectivity index (χ4v) is 1.94. The molecule has 0 saturated carbocycles. The number of nitrogens with one attached hydrogen (secondary N) is 4. The maximum atomic E-state index is 12.0. The summed E-state index contributed by atoms with van der Waals surface area (Å²) >= 11 is 5.01. The van der Waals surface area contributed by atoms with E-state index in [0.717, 1.165) is 19.4 Å². The van der Waals surface area contributed by atoms with Crippen LogP contribution in [0.2, 0.25) is 0 Å². The molecule has 1 aromatic carbocycles. The first-order valence-corrected chi connectivity index (χ1v) is 7.36. The largest absolute Gasteiger partial charge is 0.361 e. The molecule has 1 amide bonds. The number of fused-ring (bicyclic) bond motifs is 1. The molecule has 0 aliphatic carbocycles. The van der Waals surface area contributed by atoms with Gasteiger partial charge in [0.15, 0.2) is 5.11 Å². The second kappa shape index (κ2) is 7.51. The van der Waals surface area contributed by atoms with E-state index in [4.69, 9.17) is 12.2 Å². The van der Waals surface area contributed by atoms with Crippen molar-refractivity contribution in [2.45, 2.75) is 19.8 Å². The third kappa shape index (κ3) is 4.01. The number of hydrogen-bond acceptors (Lipinski definition) is 4. The number of carbonyl (C=O) groups is 1. The van der Waals surface area contributed by atoms with Gasteiger partial charge < -0.3 is 10.3 Å². The highest BCUT2D eigenvalue weighted by atomic mass is 32.1. The predicted molar refractivity (Wildman–Crippen MR) is 88.5 cm³/mol. The van der Waals surface area contributed by atoms with Crippen LogP contribution in [0.15, 0.2) is 29.1 Å². The molecular formula is C14H17N5O2S. The third-order valence-electron chi connectivity index (χ3n) is 2.93. The molecule has 0 unspecified atom stereocenters. The predicted octanol–water partition coefficient (Wildman–Crippen LogP) is 0.832. The molecule has 0 bridgehead atoms. The van der Waals surface area contributed by atoms with Gasteiger partial charge in [0.1, 0.15) is 0 Å². The summed E-state index contributed by atoms with van der Waals surface area (Å²) < 4.78 is 0. The Balaban J connectivity index is 2.01. The zero-order chi connectivity index (χ0) is 15.9. The van der Waals surface area contributed by atoms with Gasteiger partial charge in [-0.15, -0.1) is 0 Å². The van der Waals surface area contributed by atoms with Crippen LogP contribution in [0.25, 0.3) is 10.9 Å². The highest BCUT2D eigenvalue weighted by molar-refractivity contribution is 7.80. The van der Waals surface area contributed by atoms with Gasteiger partial charge in [-0.1, -0.05) is 25.5 Å². The summed E-state index contributed by atoms with van der Waals surface area (Å²) in [6.07, 6.45) is 2.03. The Bertz CT molecular complexity index is 743. The van der Waals surface area contributed by atoms with Crippen LogP contribution < -0.4 is 21.7 Å². The zero-order valence-corrected chi connectivity index (χ0v) is 12.9. The molecule has 0 aliphatic heterocycles. The summed E-state index contributed by atoms with van der Waals surface area (Å²) in [5.41, 5.74) is 5.06. The van der Waals surface area contributed by atoms with Gasteiger partial charge in [0.2, 0.25) is 5.82 Å². The molecule has 1 heterocycles. The molecular weight excluding hydrogens is 302 g/mol. The van der Waals surface area contributed by atoms with Gasteiger partial charge in [-0.3, -0.25) is 20.4 Å². The quantitative estimate of drug-likeness (QED) is 0.378. The zero-order valence-electron chi connectivity index (χ0n) is 12.1. The Morgan fingerprint density at radius 1 is 1.32 bits per heavy atom. The van der Waals surface area contributed by atoms with Crippen LogP contribution in [0.4, 0.5) is 0 Å². The molecule has 4 N–H and O–H groups in total. The minimum atomic E-state index is -0.567. The van der Waals surface area contributed by atoms with Crippen molar-refractivity contribution in [2.75, 3.05) is 6.54 Å². The first kappa shape index (κ1) is 15.9. The molecule has 0 fully saturated rings. The molecule has 116 valence electrons. The molecule has 1 aromatic heterocycles. The maximum absolute atomic E-state index is 12.0. The van der Waals surface area contributed by atoms with Gasteiger partial charge in [0, 0.05) is 6.54 Å².